The van der Waals surface area contributed by atoms with Crippen molar-refractivity contribution in [3.8, 4) is 23.0 Å². The van der Waals surface area contributed by atoms with E-state index in [1.165, 1.54) is 34.6 Å². The standard InChI is InChI=1S/C15H21NO6/c1-16(2)9-12(15(17)21-6)22-11-8-7-10(18-3)13(19-4)14(11)20-5/h7-9H,1-6H3/b12-9+. The predicted octanol–water partition coefficient (Wildman–Crippen LogP) is 1.67. The number of hydrogen-bond acceptors (Lipinski definition) is 7. The molecule has 0 aliphatic carbocycles. The zero-order chi connectivity index (χ0) is 16.7. The zero-order valence-electron chi connectivity index (χ0n) is 13.6. The van der Waals surface area contributed by atoms with Crippen LogP contribution in [0.2, 0.25) is 0 Å². The number of rotatable bonds is 7. The number of ether oxygens (including phenoxy) is 5. The Bertz CT molecular complexity index is 553. The average Bonchev–Trinajstić information content (AvgIpc) is 2.52. The second kappa shape index (κ2) is 8.02. The number of carbonyl (C=O) groups is 1. The number of carbonyl (C=O) groups excluding carboxylic acids is 1. The first-order valence-corrected chi connectivity index (χ1v) is 6.41. The van der Waals surface area contributed by atoms with Crippen LogP contribution in [0.25, 0.3) is 0 Å². The van der Waals surface area contributed by atoms with Crippen molar-refractivity contribution in [3.05, 3.63) is 24.1 Å². The van der Waals surface area contributed by atoms with Crippen molar-refractivity contribution in [1.82, 2.24) is 4.90 Å². The summed E-state index contributed by atoms with van der Waals surface area (Å²) in [5.41, 5.74) is 0. The van der Waals surface area contributed by atoms with Crippen molar-refractivity contribution in [3.63, 3.8) is 0 Å². The number of benzene rings is 1. The molecule has 0 atom stereocenters. The van der Waals surface area contributed by atoms with Gasteiger partial charge in [-0.1, -0.05) is 0 Å². The Kier molecular flexibility index (Phi) is 6.37. The topological polar surface area (TPSA) is 66.5 Å². The first kappa shape index (κ1) is 17.5. The molecule has 0 aromatic heterocycles. The van der Waals surface area contributed by atoms with Crippen molar-refractivity contribution in [2.75, 3.05) is 42.5 Å². The molecule has 7 heteroatoms. The molecule has 0 aliphatic rings. The molecule has 0 heterocycles. The lowest BCUT2D eigenvalue weighted by Gasteiger charge is -2.17. The third-order valence-corrected chi connectivity index (χ3v) is 2.65. The number of hydrogen-bond donors (Lipinski definition) is 0. The van der Waals surface area contributed by atoms with Gasteiger partial charge in [0.2, 0.25) is 17.3 Å². The monoisotopic (exact) mass is 311 g/mol. The second-order valence-electron chi connectivity index (χ2n) is 4.38. The van der Waals surface area contributed by atoms with Crippen molar-refractivity contribution >= 4 is 5.97 Å². The fourth-order valence-corrected chi connectivity index (χ4v) is 1.73. The summed E-state index contributed by atoms with van der Waals surface area (Å²) < 4.78 is 26.1. The average molecular weight is 311 g/mol. The van der Waals surface area contributed by atoms with Gasteiger partial charge in [0, 0.05) is 20.3 Å². The van der Waals surface area contributed by atoms with Crippen LogP contribution in [0.4, 0.5) is 0 Å². The highest BCUT2D eigenvalue weighted by Crippen LogP contribution is 2.44. The van der Waals surface area contributed by atoms with Crippen LogP contribution in [-0.2, 0) is 9.53 Å². The Morgan fingerprint density at radius 3 is 1.95 bits per heavy atom. The SMILES string of the molecule is COC(=O)/C(=C\N(C)C)Oc1ccc(OC)c(OC)c1OC. The predicted molar refractivity (Wildman–Crippen MR) is 80.5 cm³/mol. The van der Waals surface area contributed by atoms with E-state index in [1.54, 1.807) is 31.1 Å². The molecule has 122 valence electrons. The van der Waals surface area contributed by atoms with E-state index in [1.807, 2.05) is 0 Å². The van der Waals surface area contributed by atoms with E-state index < -0.39 is 5.97 Å². The number of nitrogens with zero attached hydrogens (tertiary/aromatic N) is 1. The molecule has 0 unspecified atom stereocenters. The van der Waals surface area contributed by atoms with Crippen LogP contribution < -0.4 is 18.9 Å². The fraction of sp³-hybridized carbons (Fsp3) is 0.400. The highest BCUT2D eigenvalue weighted by molar-refractivity contribution is 5.86. The maximum absolute atomic E-state index is 11.8. The van der Waals surface area contributed by atoms with Gasteiger partial charge in [0.15, 0.2) is 11.5 Å². The number of methoxy groups -OCH3 is 4. The first-order valence-electron chi connectivity index (χ1n) is 6.41. The number of esters is 1. The van der Waals surface area contributed by atoms with Crippen molar-refractivity contribution < 1.29 is 28.5 Å². The molecule has 1 rings (SSSR count). The molecular formula is C15H21NO6. The molecule has 0 saturated carbocycles. The molecule has 0 aliphatic heterocycles. The maximum atomic E-state index is 11.8. The molecule has 0 amide bonds. The molecule has 0 spiro atoms. The molecular weight excluding hydrogens is 290 g/mol. The molecule has 7 nitrogen and oxygen atoms in total. The Hall–Kier alpha value is -2.57. The summed E-state index contributed by atoms with van der Waals surface area (Å²) in [6, 6.07) is 3.27. The van der Waals surface area contributed by atoms with Gasteiger partial charge in [0.05, 0.1) is 28.4 Å². The summed E-state index contributed by atoms with van der Waals surface area (Å²) in [5.74, 6) is 0.886. The van der Waals surface area contributed by atoms with E-state index in [0.717, 1.165) is 0 Å². The first-order chi connectivity index (χ1) is 10.5. The summed E-state index contributed by atoms with van der Waals surface area (Å²) in [6.07, 6.45) is 1.50. The van der Waals surface area contributed by atoms with E-state index in [9.17, 15) is 4.79 Å². The summed E-state index contributed by atoms with van der Waals surface area (Å²) in [7, 11) is 9.28. The normalized spacial score (nSPS) is 10.7. The van der Waals surface area contributed by atoms with Gasteiger partial charge in [-0.25, -0.2) is 4.79 Å². The molecule has 1 aromatic rings. The summed E-state index contributed by atoms with van der Waals surface area (Å²) in [6.45, 7) is 0. The van der Waals surface area contributed by atoms with Gasteiger partial charge in [-0.2, -0.15) is 0 Å². The Morgan fingerprint density at radius 1 is 0.955 bits per heavy atom. The van der Waals surface area contributed by atoms with Gasteiger partial charge in [-0.15, -0.1) is 0 Å². The fourth-order valence-electron chi connectivity index (χ4n) is 1.73. The summed E-state index contributed by atoms with van der Waals surface area (Å²) in [5, 5.41) is 0. The van der Waals surface area contributed by atoms with Gasteiger partial charge in [0.25, 0.3) is 0 Å². The second-order valence-corrected chi connectivity index (χ2v) is 4.38. The molecule has 0 bridgehead atoms. The van der Waals surface area contributed by atoms with Gasteiger partial charge in [0.1, 0.15) is 0 Å². The minimum absolute atomic E-state index is 0.0121. The van der Waals surface area contributed by atoms with Crippen LogP contribution in [0.3, 0.4) is 0 Å². The van der Waals surface area contributed by atoms with Gasteiger partial charge < -0.3 is 28.6 Å². The highest BCUT2D eigenvalue weighted by Gasteiger charge is 2.21. The molecule has 0 fully saturated rings. The molecule has 0 N–H and O–H groups in total. The van der Waals surface area contributed by atoms with Crippen molar-refractivity contribution in [2.45, 2.75) is 0 Å². The lowest BCUT2D eigenvalue weighted by Crippen LogP contribution is -2.15. The van der Waals surface area contributed by atoms with Gasteiger partial charge in [-0.3, -0.25) is 0 Å². The smallest absolute Gasteiger partial charge is 0.375 e. The summed E-state index contributed by atoms with van der Waals surface area (Å²) in [4.78, 5) is 13.5. The molecule has 0 saturated heterocycles. The molecule has 0 radical (unpaired) electrons. The molecule has 1 aromatic carbocycles. The van der Waals surface area contributed by atoms with E-state index in [0.29, 0.717) is 23.0 Å². The quantitative estimate of drug-likeness (QED) is 0.431. The maximum Gasteiger partial charge on any atom is 0.375 e. The Labute approximate surface area is 130 Å². The van der Waals surface area contributed by atoms with Crippen LogP contribution in [0.1, 0.15) is 0 Å². The molecule has 22 heavy (non-hydrogen) atoms. The van der Waals surface area contributed by atoms with Crippen molar-refractivity contribution in [1.29, 1.82) is 0 Å². The zero-order valence-corrected chi connectivity index (χ0v) is 13.6. The van der Waals surface area contributed by atoms with Gasteiger partial charge in [-0.05, 0) is 12.1 Å². The van der Waals surface area contributed by atoms with E-state index in [2.05, 4.69) is 0 Å². The Morgan fingerprint density at radius 2 is 1.50 bits per heavy atom. The lowest BCUT2D eigenvalue weighted by atomic mass is 10.2. The van der Waals surface area contributed by atoms with E-state index >= 15 is 0 Å². The Balaban J connectivity index is 3.28. The minimum atomic E-state index is -0.606. The van der Waals surface area contributed by atoms with Crippen LogP contribution in [-0.4, -0.2) is 53.4 Å². The van der Waals surface area contributed by atoms with Crippen LogP contribution in [0.15, 0.2) is 24.1 Å². The highest BCUT2D eigenvalue weighted by atomic mass is 16.6. The largest absolute Gasteiger partial charge is 0.493 e. The van der Waals surface area contributed by atoms with Crippen LogP contribution in [0.5, 0.6) is 23.0 Å². The van der Waals surface area contributed by atoms with Crippen molar-refractivity contribution in [2.24, 2.45) is 0 Å². The summed E-state index contributed by atoms with van der Waals surface area (Å²) >= 11 is 0. The third kappa shape index (κ3) is 3.97. The van der Waals surface area contributed by atoms with E-state index in [-0.39, 0.29) is 5.76 Å². The third-order valence-electron chi connectivity index (χ3n) is 2.65. The van der Waals surface area contributed by atoms with Crippen LogP contribution in [0, 0.1) is 0 Å². The van der Waals surface area contributed by atoms with Crippen LogP contribution >= 0.6 is 0 Å². The minimum Gasteiger partial charge on any atom is -0.493 e. The van der Waals surface area contributed by atoms with Gasteiger partial charge >= 0.3 is 5.97 Å². The van der Waals surface area contributed by atoms with E-state index in [4.69, 9.17) is 23.7 Å². The lowest BCUT2D eigenvalue weighted by molar-refractivity contribution is -0.138.